The molecule has 0 saturated carbocycles. The number of aryl methyl sites for hydroxylation is 3. The number of hydrogen-bond acceptors (Lipinski definition) is 5. The molecule has 1 aliphatic rings. The number of halogens is 1. The van der Waals surface area contributed by atoms with Gasteiger partial charge in [-0.25, -0.2) is 12.8 Å². The first-order valence-corrected chi connectivity index (χ1v) is 11.4. The Morgan fingerprint density at radius 3 is 2.23 bits per heavy atom. The van der Waals surface area contributed by atoms with E-state index < -0.39 is 10.0 Å². The van der Waals surface area contributed by atoms with Crippen molar-refractivity contribution in [2.45, 2.75) is 44.4 Å². The molecule has 1 fully saturated rings. The molecule has 1 saturated heterocycles. The van der Waals surface area contributed by atoms with Crippen LogP contribution in [0, 0.1) is 26.6 Å². The highest BCUT2D eigenvalue weighted by Gasteiger charge is 2.33. The van der Waals surface area contributed by atoms with Crippen LogP contribution in [0.25, 0.3) is 11.5 Å². The molecule has 0 aliphatic carbocycles. The van der Waals surface area contributed by atoms with Crippen LogP contribution in [0.5, 0.6) is 0 Å². The largest absolute Gasteiger partial charge is 0.334 e. The Balaban J connectivity index is 1.49. The van der Waals surface area contributed by atoms with Crippen LogP contribution in [0.15, 0.2) is 45.8 Å². The van der Waals surface area contributed by atoms with Gasteiger partial charge in [-0.1, -0.05) is 22.9 Å². The highest BCUT2D eigenvalue weighted by molar-refractivity contribution is 7.89. The highest BCUT2D eigenvalue weighted by atomic mass is 32.2. The Bertz CT molecular complexity index is 1140. The molecule has 1 aliphatic heterocycles. The van der Waals surface area contributed by atoms with Gasteiger partial charge in [0, 0.05) is 24.6 Å². The fourth-order valence-corrected chi connectivity index (χ4v) is 6.05. The second kappa shape index (κ2) is 7.92. The third-order valence-corrected chi connectivity index (χ3v) is 7.76. The van der Waals surface area contributed by atoms with E-state index in [2.05, 4.69) is 10.1 Å². The molecular formula is C22H24FN3O3S. The van der Waals surface area contributed by atoms with Crippen LogP contribution in [-0.2, 0) is 10.0 Å². The molecule has 0 bridgehead atoms. The van der Waals surface area contributed by atoms with Crippen molar-refractivity contribution in [3.63, 3.8) is 0 Å². The van der Waals surface area contributed by atoms with Crippen molar-refractivity contribution < 1.29 is 17.3 Å². The third-order valence-electron chi connectivity index (χ3n) is 5.55. The Hall–Kier alpha value is -2.58. The molecule has 0 radical (unpaired) electrons. The van der Waals surface area contributed by atoms with E-state index in [1.807, 2.05) is 32.9 Å². The minimum absolute atomic E-state index is 0.0228. The van der Waals surface area contributed by atoms with Gasteiger partial charge < -0.3 is 4.52 Å². The van der Waals surface area contributed by atoms with Gasteiger partial charge in [0.1, 0.15) is 5.82 Å². The van der Waals surface area contributed by atoms with Crippen molar-refractivity contribution >= 4 is 10.0 Å². The monoisotopic (exact) mass is 429 g/mol. The standard InChI is InChI=1S/C22H24FN3O3S/c1-14-12-15(2)20(16(3)13-14)30(27,28)26-10-8-17(9-11-26)21-24-22(29-25-21)18-4-6-19(23)7-5-18/h4-7,12-13,17H,8-11H2,1-3H3. The Labute approximate surface area is 175 Å². The molecule has 158 valence electrons. The molecule has 4 rings (SSSR count). The first-order valence-electron chi connectivity index (χ1n) is 9.93. The van der Waals surface area contributed by atoms with E-state index >= 15 is 0 Å². The molecule has 6 nitrogen and oxygen atoms in total. The number of piperidine rings is 1. The zero-order valence-electron chi connectivity index (χ0n) is 17.2. The summed E-state index contributed by atoms with van der Waals surface area (Å²) in [6.45, 7) is 6.46. The lowest BCUT2D eigenvalue weighted by molar-refractivity contribution is 0.307. The van der Waals surface area contributed by atoms with Gasteiger partial charge in [0.2, 0.25) is 10.0 Å². The zero-order valence-corrected chi connectivity index (χ0v) is 18.0. The molecule has 8 heteroatoms. The molecule has 2 aromatic carbocycles. The van der Waals surface area contributed by atoms with Crippen molar-refractivity contribution in [2.75, 3.05) is 13.1 Å². The van der Waals surface area contributed by atoms with E-state index in [9.17, 15) is 12.8 Å². The number of sulfonamides is 1. The smallest absolute Gasteiger partial charge is 0.257 e. The van der Waals surface area contributed by atoms with Gasteiger partial charge in [-0.3, -0.25) is 0 Å². The maximum atomic E-state index is 13.2. The lowest BCUT2D eigenvalue weighted by Gasteiger charge is -2.30. The van der Waals surface area contributed by atoms with Crippen molar-refractivity contribution in [3.8, 4) is 11.5 Å². The second-order valence-corrected chi connectivity index (χ2v) is 9.75. The van der Waals surface area contributed by atoms with E-state index in [4.69, 9.17) is 4.52 Å². The van der Waals surface area contributed by atoms with Crippen LogP contribution < -0.4 is 0 Å². The molecule has 0 atom stereocenters. The third kappa shape index (κ3) is 3.89. The maximum Gasteiger partial charge on any atom is 0.257 e. The van der Waals surface area contributed by atoms with Crippen LogP contribution >= 0.6 is 0 Å². The summed E-state index contributed by atoms with van der Waals surface area (Å²) in [5, 5.41) is 4.07. The minimum atomic E-state index is -3.55. The first kappa shape index (κ1) is 20.7. The molecule has 0 spiro atoms. The Morgan fingerprint density at radius 1 is 1.03 bits per heavy atom. The molecule has 0 amide bonds. The fourth-order valence-electron chi connectivity index (χ4n) is 4.17. The average molecular weight is 430 g/mol. The number of nitrogens with zero attached hydrogens (tertiary/aromatic N) is 3. The molecule has 1 aromatic heterocycles. The van der Waals surface area contributed by atoms with Crippen LogP contribution in [-0.4, -0.2) is 36.0 Å². The van der Waals surface area contributed by atoms with E-state index in [1.54, 1.807) is 16.4 Å². The van der Waals surface area contributed by atoms with Crippen molar-refractivity contribution in [1.82, 2.24) is 14.4 Å². The van der Waals surface area contributed by atoms with Gasteiger partial charge >= 0.3 is 0 Å². The van der Waals surface area contributed by atoms with Crippen molar-refractivity contribution in [1.29, 1.82) is 0 Å². The molecule has 2 heterocycles. The molecule has 0 unspecified atom stereocenters. The van der Waals surface area contributed by atoms with Crippen LogP contribution in [0.3, 0.4) is 0 Å². The number of rotatable bonds is 4. The second-order valence-electron chi connectivity index (χ2n) is 7.87. The fraction of sp³-hybridized carbons (Fsp3) is 0.364. The predicted octanol–water partition coefficient (Wildman–Crippen LogP) is 4.37. The van der Waals surface area contributed by atoms with Crippen LogP contribution in [0.1, 0.15) is 41.3 Å². The molecule has 0 N–H and O–H groups in total. The van der Waals surface area contributed by atoms with Crippen molar-refractivity contribution in [3.05, 3.63) is 64.7 Å². The molecule has 3 aromatic rings. The van der Waals surface area contributed by atoms with Gasteiger partial charge in [-0.05, 0) is 69.0 Å². The number of benzene rings is 2. The summed E-state index contributed by atoms with van der Waals surface area (Å²) in [6.07, 6.45) is 1.23. The summed E-state index contributed by atoms with van der Waals surface area (Å²) in [4.78, 5) is 4.86. The maximum absolute atomic E-state index is 13.2. The van der Waals surface area contributed by atoms with E-state index in [0.717, 1.165) is 16.7 Å². The van der Waals surface area contributed by atoms with Gasteiger partial charge in [-0.2, -0.15) is 9.29 Å². The van der Waals surface area contributed by atoms with Gasteiger partial charge in [0.15, 0.2) is 5.82 Å². The highest BCUT2D eigenvalue weighted by Crippen LogP contribution is 2.32. The number of aromatic nitrogens is 2. The normalized spacial score (nSPS) is 16.1. The Kier molecular flexibility index (Phi) is 5.46. The average Bonchev–Trinajstić information content (AvgIpc) is 3.18. The summed E-state index contributed by atoms with van der Waals surface area (Å²) in [5.74, 6) is 0.598. The minimum Gasteiger partial charge on any atom is -0.334 e. The first-order chi connectivity index (χ1) is 14.3. The van der Waals surface area contributed by atoms with E-state index in [1.165, 1.54) is 12.1 Å². The lowest BCUT2D eigenvalue weighted by atomic mass is 9.97. The van der Waals surface area contributed by atoms with E-state index in [0.29, 0.717) is 48.1 Å². The van der Waals surface area contributed by atoms with E-state index in [-0.39, 0.29) is 11.7 Å². The summed E-state index contributed by atoms with van der Waals surface area (Å²) in [5.41, 5.74) is 3.26. The van der Waals surface area contributed by atoms with Gasteiger partial charge in [0.05, 0.1) is 4.90 Å². The molecular weight excluding hydrogens is 405 g/mol. The number of hydrogen-bond donors (Lipinski definition) is 0. The van der Waals surface area contributed by atoms with Crippen molar-refractivity contribution in [2.24, 2.45) is 0 Å². The summed E-state index contributed by atoms with van der Waals surface area (Å²) in [6, 6.07) is 9.68. The van der Waals surface area contributed by atoms with Crippen LogP contribution in [0.4, 0.5) is 4.39 Å². The zero-order chi connectivity index (χ0) is 21.5. The predicted molar refractivity (Wildman–Crippen MR) is 111 cm³/mol. The quantitative estimate of drug-likeness (QED) is 0.616. The van der Waals surface area contributed by atoms with Crippen LogP contribution in [0.2, 0.25) is 0 Å². The topological polar surface area (TPSA) is 76.3 Å². The molecule has 30 heavy (non-hydrogen) atoms. The summed E-state index contributed by atoms with van der Waals surface area (Å²) < 4.78 is 46.5. The lowest BCUT2D eigenvalue weighted by Crippen LogP contribution is -2.38. The SMILES string of the molecule is Cc1cc(C)c(S(=O)(=O)N2CCC(c3noc(-c4ccc(F)cc4)n3)CC2)c(C)c1. The Morgan fingerprint density at radius 2 is 1.63 bits per heavy atom. The summed E-state index contributed by atoms with van der Waals surface area (Å²) in [7, 11) is -3.55. The van der Waals surface area contributed by atoms with Gasteiger partial charge in [-0.15, -0.1) is 0 Å². The summed E-state index contributed by atoms with van der Waals surface area (Å²) >= 11 is 0. The van der Waals surface area contributed by atoms with Gasteiger partial charge in [0.25, 0.3) is 5.89 Å².